The fourth-order valence-corrected chi connectivity index (χ4v) is 14.0. The Morgan fingerprint density at radius 3 is 2.45 bits per heavy atom. The molecular formula is C43H69N5O5. The number of nitrogens with one attached hydrogen (secondary N) is 1. The molecule has 2 bridgehead atoms. The number of carbonyl (C=O) groups is 2. The standard InChI is InChI=1S/C43H69N5O5/c1-9-21-46-42(16-11-10-12-17-42)24-53-34-31(48-36(35(44)49)45-26-47-48)22-38(5)23-52-25-43(34)30-15-18-41(8)33(37(50)51)39(6,28(4)27(2)3)19-20-40(41,7)29(30)13-14-32(38)43/h15,26-29,31-34,46H,9-14,16-25H2,1-8H3,(H2,44,49)(H,50,51)/t28-,29+,31-,32-,33-,34+,38-,39-,40-,41+,43+/m1/s1. The zero-order chi connectivity index (χ0) is 38.2. The van der Waals surface area contributed by atoms with Crippen LogP contribution in [0.1, 0.15) is 149 Å². The SMILES string of the molecule is CCCNC1(CO[C@H]2[C@H](n3ncnc3C(N)=O)C[C@]3(C)COC[C@@]24C2=CC[C@@]5(C)[C@H](C(=O)O)[C@@](C)([C@H](C)C(C)C)CC[C@]5(C)[C@H]2CC[C@H]34)CCCCC1. The number of amides is 1. The smallest absolute Gasteiger partial charge is 0.307 e. The maximum atomic E-state index is 13.6. The molecule has 4 saturated carbocycles. The fourth-order valence-electron chi connectivity index (χ4n) is 14.0. The van der Waals surface area contributed by atoms with Crippen molar-refractivity contribution >= 4 is 11.9 Å². The normalized spacial score (nSPS) is 42.5. The van der Waals surface area contributed by atoms with E-state index in [9.17, 15) is 14.7 Å². The zero-order valence-electron chi connectivity index (χ0n) is 34.0. The molecule has 4 N–H and O–H groups in total. The van der Waals surface area contributed by atoms with Crippen LogP contribution in [-0.4, -0.2) is 69.8 Å². The third kappa shape index (κ3) is 5.71. The molecule has 53 heavy (non-hydrogen) atoms. The number of fused-ring (bicyclic) bond motifs is 3. The van der Waals surface area contributed by atoms with Gasteiger partial charge in [0, 0.05) is 11.0 Å². The van der Waals surface area contributed by atoms with Gasteiger partial charge in [0.2, 0.25) is 5.82 Å². The average molecular weight is 736 g/mol. The average Bonchev–Trinajstić information content (AvgIpc) is 3.61. The molecule has 10 heteroatoms. The topological polar surface area (TPSA) is 142 Å². The van der Waals surface area contributed by atoms with Gasteiger partial charge in [-0.1, -0.05) is 86.3 Å². The molecule has 1 saturated heterocycles. The first-order valence-corrected chi connectivity index (χ1v) is 21.1. The highest BCUT2D eigenvalue weighted by molar-refractivity contribution is 5.89. The van der Waals surface area contributed by atoms with Crippen molar-refractivity contribution in [3.8, 4) is 0 Å². The summed E-state index contributed by atoms with van der Waals surface area (Å²) in [7, 11) is 0. The van der Waals surface area contributed by atoms with Crippen molar-refractivity contribution in [2.24, 2.45) is 62.4 Å². The summed E-state index contributed by atoms with van der Waals surface area (Å²) in [5, 5.41) is 19.9. The van der Waals surface area contributed by atoms with Gasteiger partial charge in [0.05, 0.1) is 37.9 Å². The van der Waals surface area contributed by atoms with Crippen LogP contribution in [0.3, 0.4) is 0 Å². The van der Waals surface area contributed by atoms with Crippen molar-refractivity contribution in [1.82, 2.24) is 20.1 Å². The second kappa shape index (κ2) is 13.7. The van der Waals surface area contributed by atoms with Gasteiger partial charge in [0.15, 0.2) is 0 Å². The zero-order valence-corrected chi connectivity index (χ0v) is 34.0. The van der Waals surface area contributed by atoms with Crippen molar-refractivity contribution in [3.05, 3.63) is 23.8 Å². The van der Waals surface area contributed by atoms with Gasteiger partial charge in [-0.3, -0.25) is 9.59 Å². The summed E-state index contributed by atoms with van der Waals surface area (Å²) in [6.45, 7) is 21.1. The number of carboxylic acid groups (broad SMARTS) is 1. The van der Waals surface area contributed by atoms with E-state index in [4.69, 9.17) is 20.3 Å². The van der Waals surface area contributed by atoms with Crippen molar-refractivity contribution in [3.63, 3.8) is 0 Å². The van der Waals surface area contributed by atoms with Crippen LogP contribution in [0.4, 0.5) is 0 Å². The number of carbonyl (C=O) groups excluding carboxylic acids is 1. The molecule has 1 aromatic heterocycles. The number of aliphatic carboxylic acids is 1. The number of hydrogen-bond donors (Lipinski definition) is 3. The number of primary amides is 1. The molecule has 0 spiro atoms. The molecule has 1 amide bonds. The van der Waals surface area contributed by atoms with E-state index in [0.717, 1.165) is 57.9 Å². The molecule has 0 unspecified atom stereocenters. The lowest BCUT2D eigenvalue weighted by Crippen LogP contribution is -2.70. The quantitative estimate of drug-likeness (QED) is 0.198. The van der Waals surface area contributed by atoms with E-state index in [2.05, 4.69) is 71.8 Å². The van der Waals surface area contributed by atoms with Crippen LogP contribution >= 0.6 is 0 Å². The van der Waals surface area contributed by atoms with Crippen molar-refractivity contribution in [2.75, 3.05) is 26.4 Å². The molecule has 0 aromatic carbocycles. The van der Waals surface area contributed by atoms with Gasteiger partial charge >= 0.3 is 5.97 Å². The highest BCUT2D eigenvalue weighted by Gasteiger charge is 2.73. The van der Waals surface area contributed by atoms with Crippen LogP contribution in [0.15, 0.2) is 18.0 Å². The second-order valence-electron chi connectivity index (χ2n) is 20.0. The van der Waals surface area contributed by atoms with Crippen LogP contribution in [0.25, 0.3) is 0 Å². The van der Waals surface area contributed by atoms with Crippen LogP contribution < -0.4 is 11.1 Å². The molecule has 1 aromatic rings. The lowest BCUT2D eigenvalue weighted by molar-refractivity contribution is -0.255. The maximum Gasteiger partial charge on any atom is 0.307 e. The molecule has 11 atom stereocenters. The molecule has 7 rings (SSSR count). The fraction of sp³-hybridized carbons (Fsp3) is 0.860. The predicted molar refractivity (Wildman–Crippen MR) is 205 cm³/mol. The maximum absolute atomic E-state index is 13.6. The van der Waals surface area contributed by atoms with Crippen LogP contribution in [0.5, 0.6) is 0 Å². The summed E-state index contributed by atoms with van der Waals surface area (Å²) < 4.78 is 16.1. The predicted octanol–water partition coefficient (Wildman–Crippen LogP) is 7.59. The van der Waals surface area contributed by atoms with Gasteiger partial charge < -0.3 is 25.6 Å². The van der Waals surface area contributed by atoms with Gasteiger partial charge in [-0.05, 0) is 110 Å². The van der Waals surface area contributed by atoms with E-state index in [0.29, 0.717) is 38.1 Å². The van der Waals surface area contributed by atoms with Gasteiger partial charge in [-0.25, -0.2) is 9.67 Å². The summed E-state index contributed by atoms with van der Waals surface area (Å²) in [6.07, 6.45) is 15.9. The lowest BCUT2D eigenvalue weighted by Gasteiger charge is -2.71. The Bertz CT molecular complexity index is 1590. The second-order valence-corrected chi connectivity index (χ2v) is 20.0. The highest BCUT2D eigenvalue weighted by atomic mass is 16.5. The summed E-state index contributed by atoms with van der Waals surface area (Å²) in [6, 6.07) is -0.258. The highest BCUT2D eigenvalue weighted by Crippen LogP contribution is 2.75. The molecule has 10 nitrogen and oxygen atoms in total. The number of rotatable bonds is 11. The van der Waals surface area contributed by atoms with Crippen molar-refractivity contribution in [2.45, 2.75) is 150 Å². The van der Waals surface area contributed by atoms with E-state index in [-0.39, 0.29) is 51.6 Å². The van der Waals surface area contributed by atoms with Crippen LogP contribution in [-0.2, 0) is 14.3 Å². The molecule has 1 aliphatic heterocycles. The number of nitrogens with two attached hydrogens (primary N) is 1. The van der Waals surface area contributed by atoms with Gasteiger partial charge in [-0.15, -0.1) is 0 Å². The van der Waals surface area contributed by atoms with Gasteiger partial charge in [0.25, 0.3) is 5.91 Å². The largest absolute Gasteiger partial charge is 0.481 e. The van der Waals surface area contributed by atoms with Gasteiger partial charge in [0.1, 0.15) is 6.33 Å². The molecule has 6 aliphatic rings. The Kier molecular flexibility index (Phi) is 10.1. The van der Waals surface area contributed by atoms with Crippen molar-refractivity contribution < 1.29 is 24.2 Å². The Labute approximate surface area is 318 Å². The first-order chi connectivity index (χ1) is 25.0. The van der Waals surface area contributed by atoms with E-state index < -0.39 is 28.6 Å². The number of aromatic nitrogens is 3. The summed E-state index contributed by atoms with van der Waals surface area (Å²) in [5.74, 6) is -0.312. The molecular weight excluding hydrogens is 667 g/mol. The van der Waals surface area contributed by atoms with Crippen LogP contribution in [0.2, 0.25) is 0 Å². The minimum Gasteiger partial charge on any atom is -0.481 e. The third-order valence-electron chi connectivity index (χ3n) is 17.2. The van der Waals surface area contributed by atoms with E-state index >= 15 is 0 Å². The Morgan fingerprint density at radius 1 is 1.06 bits per heavy atom. The number of nitrogens with zero attached hydrogens (tertiary/aromatic N) is 3. The molecule has 5 fully saturated rings. The Balaban J connectivity index is 1.38. The van der Waals surface area contributed by atoms with Crippen molar-refractivity contribution in [1.29, 1.82) is 0 Å². The number of carboxylic acids is 1. The van der Waals surface area contributed by atoms with E-state index in [1.807, 2.05) is 0 Å². The third-order valence-corrected chi connectivity index (χ3v) is 17.2. The number of hydrogen-bond acceptors (Lipinski definition) is 7. The lowest BCUT2D eigenvalue weighted by atomic mass is 9.34. The number of allylic oxidation sites excluding steroid dienone is 1. The van der Waals surface area contributed by atoms with Gasteiger partial charge in [-0.2, -0.15) is 5.10 Å². The first kappa shape index (κ1) is 39.0. The Morgan fingerprint density at radius 2 is 1.79 bits per heavy atom. The Hall–Kier alpha value is -2.30. The summed E-state index contributed by atoms with van der Waals surface area (Å²) in [5.41, 5.74) is 5.69. The molecule has 296 valence electrons. The van der Waals surface area contributed by atoms with E-state index in [1.54, 1.807) is 4.68 Å². The monoisotopic (exact) mass is 736 g/mol. The van der Waals surface area contributed by atoms with Crippen LogP contribution in [0, 0.1) is 56.7 Å². The molecule has 5 aliphatic carbocycles. The first-order valence-electron chi connectivity index (χ1n) is 21.1. The molecule has 2 heterocycles. The van der Waals surface area contributed by atoms with E-state index in [1.165, 1.54) is 31.2 Å². The minimum absolute atomic E-state index is 0.106. The summed E-state index contributed by atoms with van der Waals surface area (Å²) >= 11 is 0. The number of ether oxygens (including phenoxy) is 2. The summed E-state index contributed by atoms with van der Waals surface area (Å²) in [4.78, 5) is 30.9. The minimum atomic E-state index is -0.646. The molecule has 0 radical (unpaired) electrons.